The summed E-state index contributed by atoms with van der Waals surface area (Å²) in [6.07, 6.45) is -2.35. The molecular formula is C11H12F3N3O. The molecule has 0 bridgehead atoms. The molecule has 1 N–H and O–H groups in total. The standard InChI is InChI=1S/C11H12F3N3O/c1-7-2-4-15-10-9(7)16-8(17-10)3-5-18-6-11(12,13)14/h2,4H,3,5-6H2,1H3,(H,15,16,17). The molecule has 0 unspecified atom stereocenters. The average molecular weight is 259 g/mol. The summed E-state index contributed by atoms with van der Waals surface area (Å²) in [4.78, 5) is 11.3. The molecule has 0 aliphatic heterocycles. The maximum absolute atomic E-state index is 11.8. The van der Waals surface area contributed by atoms with Gasteiger partial charge in [-0.3, -0.25) is 0 Å². The molecule has 0 saturated carbocycles. The van der Waals surface area contributed by atoms with Crippen LogP contribution in [0, 0.1) is 6.92 Å². The Hall–Kier alpha value is -1.63. The van der Waals surface area contributed by atoms with Crippen molar-refractivity contribution in [2.24, 2.45) is 0 Å². The highest BCUT2D eigenvalue weighted by Gasteiger charge is 2.27. The minimum atomic E-state index is -4.29. The van der Waals surface area contributed by atoms with Gasteiger partial charge in [-0.05, 0) is 18.6 Å². The van der Waals surface area contributed by atoms with Crippen molar-refractivity contribution in [3.8, 4) is 0 Å². The minimum Gasteiger partial charge on any atom is -0.372 e. The summed E-state index contributed by atoms with van der Waals surface area (Å²) in [6.45, 7) is 0.648. The van der Waals surface area contributed by atoms with Crippen LogP contribution in [0.4, 0.5) is 13.2 Å². The number of ether oxygens (including phenoxy) is 1. The molecule has 0 amide bonds. The van der Waals surface area contributed by atoms with Crippen LogP contribution >= 0.6 is 0 Å². The number of nitrogens with one attached hydrogen (secondary N) is 1. The van der Waals surface area contributed by atoms with Gasteiger partial charge in [-0.15, -0.1) is 0 Å². The van der Waals surface area contributed by atoms with Crippen LogP contribution in [0.3, 0.4) is 0 Å². The van der Waals surface area contributed by atoms with Crippen LogP contribution in [0.2, 0.25) is 0 Å². The molecule has 0 radical (unpaired) electrons. The lowest BCUT2D eigenvalue weighted by atomic mass is 10.3. The second-order valence-electron chi connectivity index (χ2n) is 3.93. The Morgan fingerprint density at radius 2 is 2.17 bits per heavy atom. The Balaban J connectivity index is 1.94. The molecule has 0 fully saturated rings. The molecule has 2 rings (SSSR count). The van der Waals surface area contributed by atoms with Crippen LogP contribution in [-0.4, -0.2) is 34.3 Å². The summed E-state index contributed by atoms with van der Waals surface area (Å²) in [7, 11) is 0. The molecule has 18 heavy (non-hydrogen) atoms. The van der Waals surface area contributed by atoms with Crippen molar-refractivity contribution in [3.63, 3.8) is 0 Å². The van der Waals surface area contributed by atoms with E-state index in [0.717, 1.165) is 11.1 Å². The Kier molecular flexibility index (Phi) is 3.51. The highest BCUT2D eigenvalue weighted by atomic mass is 19.4. The van der Waals surface area contributed by atoms with E-state index >= 15 is 0 Å². The highest BCUT2D eigenvalue weighted by Crippen LogP contribution is 2.15. The largest absolute Gasteiger partial charge is 0.411 e. The number of alkyl halides is 3. The van der Waals surface area contributed by atoms with Crippen molar-refractivity contribution in [2.75, 3.05) is 13.2 Å². The highest BCUT2D eigenvalue weighted by molar-refractivity contribution is 5.74. The van der Waals surface area contributed by atoms with Crippen LogP contribution in [0.1, 0.15) is 11.4 Å². The third-order valence-corrected chi connectivity index (χ3v) is 2.40. The number of hydrogen-bond acceptors (Lipinski definition) is 3. The van der Waals surface area contributed by atoms with E-state index in [0.29, 0.717) is 17.9 Å². The second kappa shape index (κ2) is 4.93. The summed E-state index contributed by atoms with van der Waals surface area (Å²) < 4.78 is 40.1. The lowest BCUT2D eigenvalue weighted by Gasteiger charge is -2.06. The first-order valence-corrected chi connectivity index (χ1v) is 5.40. The fourth-order valence-electron chi connectivity index (χ4n) is 1.56. The van der Waals surface area contributed by atoms with E-state index in [2.05, 4.69) is 19.7 Å². The van der Waals surface area contributed by atoms with Crippen molar-refractivity contribution in [1.29, 1.82) is 0 Å². The van der Waals surface area contributed by atoms with Crippen LogP contribution in [0.5, 0.6) is 0 Å². The third kappa shape index (κ3) is 3.19. The van der Waals surface area contributed by atoms with E-state index < -0.39 is 12.8 Å². The SMILES string of the molecule is Cc1ccnc2nc(CCOCC(F)(F)F)[nH]c12. The van der Waals surface area contributed by atoms with Gasteiger partial charge in [0.1, 0.15) is 12.4 Å². The summed E-state index contributed by atoms with van der Waals surface area (Å²) >= 11 is 0. The number of pyridine rings is 1. The third-order valence-electron chi connectivity index (χ3n) is 2.40. The normalized spacial score (nSPS) is 12.2. The lowest BCUT2D eigenvalue weighted by molar-refractivity contribution is -0.173. The van der Waals surface area contributed by atoms with Crippen molar-refractivity contribution in [3.05, 3.63) is 23.7 Å². The quantitative estimate of drug-likeness (QED) is 0.858. The summed E-state index contributed by atoms with van der Waals surface area (Å²) in [6, 6.07) is 1.84. The molecule has 7 heteroatoms. The van der Waals surface area contributed by atoms with Crippen LogP contribution in [0.25, 0.3) is 11.2 Å². The zero-order chi connectivity index (χ0) is 13.2. The van der Waals surface area contributed by atoms with E-state index in [1.54, 1.807) is 6.20 Å². The second-order valence-corrected chi connectivity index (χ2v) is 3.93. The number of aromatic amines is 1. The van der Waals surface area contributed by atoms with Crippen molar-refractivity contribution < 1.29 is 17.9 Å². The Morgan fingerprint density at radius 1 is 1.39 bits per heavy atom. The Bertz CT molecular complexity index is 536. The number of aryl methyl sites for hydroxylation is 1. The Labute approximate surface area is 101 Å². The fourth-order valence-corrected chi connectivity index (χ4v) is 1.56. The molecule has 0 aromatic carbocycles. The van der Waals surface area contributed by atoms with Gasteiger partial charge in [0.15, 0.2) is 5.65 Å². The van der Waals surface area contributed by atoms with Gasteiger partial charge in [0.05, 0.1) is 12.1 Å². The summed E-state index contributed by atoms with van der Waals surface area (Å²) in [5, 5.41) is 0. The Morgan fingerprint density at radius 3 is 2.83 bits per heavy atom. The first-order valence-electron chi connectivity index (χ1n) is 5.40. The molecule has 2 aromatic rings. The van der Waals surface area contributed by atoms with Crippen molar-refractivity contribution in [1.82, 2.24) is 15.0 Å². The van der Waals surface area contributed by atoms with Gasteiger partial charge >= 0.3 is 6.18 Å². The number of rotatable bonds is 4. The first kappa shape index (κ1) is 12.8. The average Bonchev–Trinajstić information content (AvgIpc) is 2.68. The van der Waals surface area contributed by atoms with Gasteiger partial charge in [0.2, 0.25) is 0 Å². The van der Waals surface area contributed by atoms with Crippen LogP contribution in [-0.2, 0) is 11.2 Å². The molecule has 4 nitrogen and oxygen atoms in total. The van der Waals surface area contributed by atoms with Gasteiger partial charge in [-0.25, -0.2) is 9.97 Å². The number of H-pyrrole nitrogens is 1. The topological polar surface area (TPSA) is 50.8 Å². The first-order chi connectivity index (χ1) is 8.46. The summed E-state index contributed by atoms with van der Waals surface area (Å²) in [5.74, 6) is 0.578. The van der Waals surface area contributed by atoms with Gasteiger partial charge in [0, 0.05) is 12.6 Å². The summed E-state index contributed by atoms with van der Waals surface area (Å²) in [5.41, 5.74) is 2.37. The van der Waals surface area contributed by atoms with Crippen LogP contribution < -0.4 is 0 Å². The van der Waals surface area contributed by atoms with Crippen LogP contribution in [0.15, 0.2) is 12.3 Å². The number of halogens is 3. The van der Waals surface area contributed by atoms with Crippen molar-refractivity contribution in [2.45, 2.75) is 19.5 Å². The predicted octanol–water partition coefficient (Wildman–Crippen LogP) is 2.39. The van der Waals surface area contributed by atoms with E-state index in [4.69, 9.17) is 0 Å². The predicted molar refractivity (Wildman–Crippen MR) is 59.2 cm³/mol. The molecule has 2 aromatic heterocycles. The maximum Gasteiger partial charge on any atom is 0.411 e. The number of nitrogens with zero attached hydrogens (tertiary/aromatic N) is 2. The van der Waals surface area contributed by atoms with Crippen molar-refractivity contribution >= 4 is 11.2 Å². The van der Waals surface area contributed by atoms with E-state index in [-0.39, 0.29) is 6.61 Å². The molecule has 0 saturated heterocycles. The molecule has 0 spiro atoms. The monoisotopic (exact) mass is 259 g/mol. The number of hydrogen-bond donors (Lipinski definition) is 1. The fraction of sp³-hybridized carbons (Fsp3) is 0.455. The van der Waals surface area contributed by atoms with Gasteiger partial charge in [-0.2, -0.15) is 13.2 Å². The van der Waals surface area contributed by atoms with Gasteiger partial charge in [-0.1, -0.05) is 0 Å². The maximum atomic E-state index is 11.8. The minimum absolute atomic E-state index is 0.0294. The number of fused-ring (bicyclic) bond motifs is 1. The number of aromatic nitrogens is 3. The molecular weight excluding hydrogens is 247 g/mol. The molecule has 2 heterocycles. The van der Waals surface area contributed by atoms with Gasteiger partial charge in [0.25, 0.3) is 0 Å². The molecule has 0 aliphatic carbocycles. The molecule has 0 aliphatic rings. The molecule has 0 atom stereocenters. The molecule has 98 valence electrons. The van der Waals surface area contributed by atoms with Gasteiger partial charge < -0.3 is 9.72 Å². The van der Waals surface area contributed by atoms with E-state index in [1.807, 2.05) is 13.0 Å². The van der Waals surface area contributed by atoms with E-state index in [1.165, 1.54) is 0 Å². The van der Waals surface area contributed by atoms with E-state index in [9.17, 15) is 13.2 Å². The lowest BCUT2D eigenvalue weighted by Crippen LogP contribution is -2.18. The number of imidazole rings is 1. The zero-order valence-corrected chi connectivity index (χ0v) is 9.71. The smallest absolute Gasteiger partial charge is 0.372 e. The zero-order valence-electron chi connectivity index (χ0n) is 9.71.